The zero-order chi connectivity index (χ0) is 23.0. The number of nitrogens with zero attached hydrogens (tertiary/aromatic N) is 1. The van der Waals surface area contributed by atoms with E-state index in [-0.39, 0.29) is 16.8 Å². The molecular weight excluding hydrogens is 455 g/mol. The van der Waals surface area contributed by atoms with Crippen molar-refractivity contribution in [3.05, 3.63) is 55.2 Å². The molecule has 2 heterocycles. The zero-order valence-corrected chi connectivity index (χ0v) is 20.1. The maximum atomic E-state index is 11.5. The normalized spacial score (nSPS) is 15.8. The van der Waals surface area contributed by atoms with E-state index in [0.717, 1.165) is 16.9 Å². The quantitative estimate of drug-likeness (QED) is 0.373. The molecule has 1 aromatic carbocycles. The molecule has 2 aromatic rings. The lowest BCUT2D eigenvalue weighted by atomic mass is 9.93. The van der Waals surface area contributed by atoms with Gasteiger partial charge in [0.25, 0.3) is 7.48 Å². The van der Waals surface area contributed by atoms with Crippen LogP contribution in [0.15, 0.2) is 23.1 Å². The number of benzene rings is 1. The van der Waals surface area contributed by atoms with E-state index in [4.69, 9.17) is 57.7 Å². The second-order valence-electron chi connectivity index (χ2n) is 6.58. The summed E-state index contributed by atoms with van der Waals surface area (Å²) in [7, 11) is 11.1. The molecule has 0 aliphatic carbocycles. The average Bonchev–Trinajstić information content (AvgIpc) is 2.71. The van der Waals surface area contributed by atoms with Gasteiger partial charge in [-0.3, -0.25) is 14.1 Å². The van der Waals surface area contributed by atoms with Gasteiger partial charge in [0.1, 0.15) is 26.1 Å². The summed E-state index contributed by atoms with van der Waals surface area (Å²) in [6.07, 6.45) is 2.00. The molecular formula is C18H22B3ClN2O5PS. The summed E-state index contributed by atoms with van der Waals surface area (Å²) in [5, 5.41) is 0.339. The number of hydrogen-bond donors (Lipinski definition) is 1. The van der Waals surface area contributed by atoms with E-state index < -0.39 is 14.6 Å². The van der Waals surface area contributed by atoms with Crippen LogP contribution in [0.1, 0.15) is 23.1 Å². The highest BCUT2D eigenvalue weighted by molar-refractivity contribution is 7.71. The largest absolute Gasteiger partial charge is 0.446 e. The minimum atomic E-state index is -1.31. The van der Waals surface area contributed by atoms with Crippen molar-refractivity contribution in [1.29, 1.82) is 0 Å². The monoisotopic (exact) mass is 477 g/mol. The number of H-pyrrole nitrogens is 1. The molecule has 3 rings (SSSR count). The first-order valence-electron chi connectivity index (χ1n) is 9.47. The Morgan fingerprint density at radius 3 is 2.87 bits per heavy atom. The molecule has 7 nitrogen and oxygen atoms in total. The van der Waals surface area contributed by atoms with Crippen LogP contribution in [0.4, 0.5) is 0 Å². The van der Waals surface area contributed by atoms with Crippen molar-refractivity contribution in [2.75, 3.05) is 6.51 Å². The molecule has 1 N–H and O–H groups in total. The van der Waals surface area contributed by atoms with Gasteiger partial charge in [-0.2, -0.15) is 0 Å². The van der Waals surface area contributed by atoms with Crippen molar-refractivity contribution < 1.29 is 18.2 Å². The second kappa shape index (κ2) is 12.8. The first-order chi connectivity index (χ1) is 14.7. The molecule has 0 amide bonds. The van der Waals surface area contributed by atoms with E-state index in [0.29, 0.717) is 24.6 Å². The SMILES string of the molecule is [B]COP1OCc2cc(C)cc(C)c2O1.[B][C@H](CCn1cc(Cl)c(=S)[nH]c1=O)O[B]C. The first kappa shape index (κ1) is 26.2. The van der Waals surface area contributed by atoms with Crippen molar-refractivity contribution in [2.45, 2.75) is 46.2 Å². The fourth-order valence-electron chi connectivity index (χ4n) is 2.79. The molecule has 1 aliphatic heterocycles. The standard InChI is InChI=1S/C10H12BO3P.C8H10B2ClN2O2S/c1-7-3-8(2)10-9(4-7)5-12-15(14-10)13-6-11;1-10-15-6(9)2-3-13-4-5(11)7(16)12-8(13)14/h3-4H,5-6H2,1-2H3;4,6H,2-3H2,1H3,(H,12,14,16)/t;6-/m.0/s1. The average molecular weight is 477 g/mol. The topological polar surface area (TPSA) is 74.7 Å². The molecule has 0 spiro atoms. The number of rotatable bonds is 7. The number of aryl methyl sites for hydroxylation is 3. The summed E-state index contributed by atoms with van der Waals surface area (Å²) >= 11 is 10.6. The predicted octanol–water partition coefficient (Wildman–Crippen LogP) is 3.71. The van der Waals surface area contributed by atoms with E-state index in [2.05, 4.69) is 24.0 Å². The zero-order valence-electron chi connectivity index (χ0n) is 17.6. The highest BCUT2D eigenvalue weighted by Gasteiger charge is 2.24. The Morgan fingerprint density at radius 2 is 2.19 bits per heavy atom. The van der Waals surface area contributed by atoms with Gasteiger partial charge < -0.3 is 13.7 Å². The summed E-state index contributed by atoms with van der Waals surface area (Å²) in [5.74, 6) is 0.881. The molecule has 1 aliphatic rings. The maximum Gasteiger partial charge on any atom is 0.396 e. The molecule has 0 bridgehead atoms. The lowest BCUT2D eigenvalue weighted by molar-refractivity contribution is 0.199. The summed E-state index contributed by atoms with van der Waals surface area (Å²) in [6, 6.07) is 3.72. The third-order valence-corrected chi connectivity index (χ3v) is 5.85. The van der Waals surface area contributed by atoms with Crippen LogP contribution in [0.25, 0.3) is 0 Å². The molecule has 0 fully saturated rings. The number of aromatic amines is 1. The minimum absolute atomic E-state index is 0.117. The van der Waals surface area contributed by atoms with Crippen LogP contribution in [0.3, 0.4) is 0 Å². The van der Waals surface area contributed by atoms with Crippen molar-refractivity contribution in [3.8, 4) is 5.75 Å². The van der Waals surface area contributed by atoms with Crippen LogP contribution in [0.2, 0.25) is 11.8 Å². The Balaban J connectivity index is 0.000000220. The predicted molar refractivity (Wildman–Crippen MR) is 128 cm³/mol. The highest BCUT2D eigenvalue weighted by Crippen LogP contribution is 2.48. The minimum Gasteiger partial charge on any atom is -0.446 e. The third kappa shape index (κ3) is 8.08. The van der Waals surface area contributed by atoms with Crippen LogP contribution in [0, 0.1) is 18.5 Å². The Kier molecular flexibility index (Phi) is 10.8. The van der Waals surface area contributed by atoms with Crippen molar-refractivity contribution in [1.82, 2.24) is 9.55 Å². The van der Waals surface area contributed by atoms with Gasteiger partial charge >= 0.3 is 14.3 Å². The summed E-state index contributed by atoms with van der Waals surface area (Å²) in [4.78, 5) is 13.9. The molecule has 161 valence electrons. The summed E-state index contributed by atoms with van der Waals surface area (Å²) in [5.41, 5.74) is 3.10. The fraction of sp³-hybridized carbons (Fsp3) is 0.444. The Hall–Kier alpha value is -1.09. The van der Waals surface area contributed by atoms with Crippen molar-refractivity contribution in [3.63, 3.8) is 0 Å². The van der Waals surface area contributed by atoms with Gasteiger partial charge in [-0.1, -0.05) is 48.3 Å². The first-order valence-corrected chi connectivity index (χ1v) is 11.4. The van der Waals surface area contributed by atoms with Gasteiger partial charge in [-0.15, -0.1) is 0 Å². The molecule has 0 saturated carbocycles. The number of fused-ring (bicyclic) bond motifs is 1. The van der Waals surface area contributed by atoms with E-state index >= 15 is 0 Å². The Labute approximate surface area is 196 Å². The van der Waals surface area contributed by atoms with Gasteiger partial charge in [0.2, 0.25) is 0 Å². The van der Waals surface area contributed by atoms with Crippen LogP contribution < -0.4 is 10.2 Å². The maximum absolute atomic E-state index is 11.5. The van der Waals surface area contributed by atoms with Gasteiger partial charge in [0.05, 0.1) is 11.6 Å². The van der Waals surface area contributed by atoms with Crippen molar-refractivity contribution >= 4 is 55.6 Å². The van der Waals surface area contributed by atoms with Gasteiger partial charge in [-0.05, 0) is 25.8 Å². The number of nitrogens with one attached hydrogen (secondary N) is 1. The molecule has 1 aromatic heterocycles. The van der Waals surface area contributed by atoms with Crippen LogP contribution in [-0.2, 0) is 26.9 Å². The van der Waals surface area contributed by atoms with Gasteiger partial charge in [0, 0.05) is 30.8 Å². The van der Waals surface area contributed by atoms with Crippen LogP contribution >= 0.6 is 32.4 Å². The third-order valence-electron chi connectivity index (χ3n) is 4.10. The van der Waals surface area contributed by atoms with E-state index in [9.17, 15) is 4.79 Å². The smallest absolute Gasteiger partial charge is 0.396 e. The summed E-state index contributed by atoms with van der Waals surface area (Å²) < 4.78 is 22.8. The van der Waals surface area contributed by atoms with Crippen molar-refractivity contribution in [2.24, 2.45) is 0 Å². The van der Waals surface area contributed by atoms with Gasteiger partial charge in [0.15, 0.2) is 0 Å². The summed E-state index contributed by atoms with van der Waals surface area (Å²) in [6.45, 7) is 6.88. The molecule has 5 radical (unpaired) electrons. The van der Waals surface area contributed by atoms with E-state index in [1.807, 2.05) is 6.92 Å². The van der Waals surface area contributed by atoms with Crippen LogP contribution in [0.5, 0.6) is 5.75 Å². The molecule has 1 unspecified atom stereocenters. The lowest BCUT2D eigenvalue weighted by Gasteiger charge is -2.25. The fourth-order valence-corrected chi connectivity index (χ4v) is 4.05. The number of hydrogen-bond acceptors (Lipinski definition) is 6. The number of aromatic nitrogens is 2. The highest BCUT2D eigenvalue weighted by atomic mass is 35.5. The van der Waals surface area contributed by atoms with E-state index in [1.165, 1.54) is 23.8 Å². The Morgan fingerprint density at radius 1 is 1.45 bits per heavy atom. The lowest BCUT2D eigenvalue weighted by Crippen LogP contribution is -2.25. The second-order valence-corrected chi connectivity index (χ2v) is 8.54. The number of halogens is 1. The van der Waals surface area contributed by atoms with Crippen LogP contribution in [-0.4, -0.2) is 45.2 Å². The Bertz CT molecular complexity index is 994. The molecule has 2 atom stereocenters. The molecule has 13 heteroatoms. The van der Waals surface area contributed by atoms with E-state index in [1.54, 1.807) is 6.82 Å². The van der Waals surface area contributed by atoms with Gasteiger partial charge in [-0.25, -0.2) is 4.79 Å². The molecule has 0 saturated heterocycles. The molecule has 31 heavy (non-hydrogen) atoms.